The third-order valence-corrected chi connectivity index (χ3v) is 4.47. The van der Waals surface area contributed by atoms with Crippen molar-refractivity contribution in [3.8, 4) is 23.0 Å². The number of aliphatic imine (C=N–C) groups is 1. The number of carbonyl (C=O) groups excluding carboxylic acids is 2. The number of nitrogens with one attached hydrogen (secondary N) is 2. The minimum Gasteiger partial charge on any atom is -0.504 e. The maximum absolute atomic E-state index is 12.4. The third-order valence-electron chi connectivity index (χ3n) is 4.47. The van der Waals surface area contributed by atoms with Gasteiger partial charge in [-0.2, -0.15) is 0 Å². The van der Waals surface area contributed by atoms with Gasteiger partial charge in [0.15, 0.2) is 23.0 Å². The van der Waals surface area contributed by atoms with Crippen LogP contribution in [-0.2, 0) is 9.59 Å². The summed E-state index contributed by atoms with van der Waals surface area (Å²) in [5.41, 5.74) is 1.06. The molecule has 0 fully saturated rings. The predicted octanol–water partition coefficient (Wildman–Crippen LogP) is 3.96. The largest absolute Gasteiger partial charge is 0.504 e. The lowest BCUT2D eigenvalue weighted by Gasteiger charge is -2.09. The minimum atomic E-state index is -0.418. The number of benzene rings is 2. The molecule has 0 aliphatic rings. The van der Waals surface area contributed by atoms with E-state index in [2.05, 4.69) is 10.3 Å². The van der Waals surface area contributed by atoms with Crippen molar-refractivity contribution in [3.63, 3.8) is 0 Å². The van der Waals surface area contributed by atoms with Gasteiger partial charge in [0.25, 0.3) is 5.91 Å². The number of allylic oxidation sites excluding steroid dienone is 4. The van der Waals surface area contributed by atoms with Crippen LogP contribution in [0.2, 0.25) is 0 Å². The van der Waals surface area contributed by atoms with Gasteiger partial charge in [0.2, 0.25) is 5.91 Å². The number of phenols is 4. The Morgan fingerprint density at radius 2 is 1.39 bits per heavy atom. The second kappa shape index (κ2) is 15.4. The first kappa shape index (κ1) is 28.6. The van der Waals surface area contributed by atoms with Crippen LogP contribution in [0.4, 0.5) is 0 Å². The van der Waals surface area contributed by atoms with E-state index < -0.39 is 11.8 Å². The second-order valence-electron chi connectivity index (χ2n) is 7.27. The first-order chi connectivity index (χ1) is 18.3. The molecule has 0 atom stereocenters. The fourth-order valence-corrected chi connectivity index (χ4v) is 2.61. The fourth-order valence-electron chi connectivity index (χ4n) is 2.61. The average molecular weight is 515 g/mol. The Kier molecular flexibility index (Phi) is 11.6. The van der Waals surface area contributed by atoms with E-state index in [0.29, 0.717) is 11.1 Å². The van der Waals surface area contributed by atoms with E-state index in [4.69, 9.17) is 5.41 Å². The van der Waals surface area contributed by atoms with E-state index in [1.165, 1.54) is 103 Å². The number of hydrogen-bond acceptors (Lipinski definition) is 8. The van der Waals surface area contributed by atoms with E-state index in [1.807, 2.05) is 0 Å². The SMILES string of the molecule is N=CC=CN(C=CC=CN=CC=CNC(=O)C=Cc1ccc(O)c(O)c1)C(=O)C=Cc1ccc(O)c(O)c1. The number of phenolic OH excluding ortho intramolecular Hbond substituents is 4. The van der Waals surface area contributed by atoms with Gasteiger partial charge in [0.05, 0.1) is 0 Å². The summed E-state index contributed by atoms with van der Waals surface area (Å²) in [6.07, 6.45) is 19.6. The van der Waals surface area contributed by atoms with Gasteiger partial charge in [0.1, 0.15) is 0 Å². The van der Waals surface area contributed by atoms with Gasteiger partial charge in [0, 0.05) is 49.4 Å². The Morgan fingerprint density at radius 3 is 2.00 bits per heavy atom. The number of hydrogen-bond donors (Lipinski definition) is 6. The standard InChI is InChI=1S/C28H26N4O6/c29-13-3-18-32(28(38)12-8-22-6-10-24(34)26(36)20-22)17-2-1-14-30-15-4-16-31-27(37)11-7-21-5-9-23(33)25(35)19-21/h1-20,29,33-36H,(H,31,37). The summed E-state index contributed by atoms with van der Waals surface area (Å²) in [6, 6.07) is 8.34. The molecule has 0 radical (unpaired) electrons. The van der Waals surface area contributed by atoms with Crippen molar-refractivity contribution >= 4 is 36.4 Å². The molecule has 194 valence electrons. The van der Waals surface area contributed by atoms with Crippen molar-refractivity contribution in [2.75, 3.05) is 0 Å². The van der Waals surface area contributed by atoms with Crippen LogP contribution in [0, 0.1) is 5.41 Å². The van der Waals surface area contributed by atoms with Crippen LogP contribution >= 0.6 is 0 Å². The first-order valence-corrected chi connectivity index (χ1v) is 11.0. The quantitative estimate of drug-likeness (QED) is 0.115. The molecule has 0 aliphatic heterocycles. The topological polar surface area (TPSA) is 167 Å². The molecule has 2 rings (SSSR count). The first-order valence-electron chi connectivity index (χ1n) is 11.0. The zero-order chi connectivity index (χ0) is 27.8. The molecular formula is C28H26N4O6. The zero-order valence-corrected chi connectivity index (χ0v) is 20.0. The lowest BCUT2D eigenvalue weighted by molar-refractivity contribution is -0.121. The highest BCUT2D eigenvalue weighted by Crippen LogP contribution is 2.26. The van der Waals surface area contributed by atoms with Gasteiger partial charge in [-0.1, -0.05) is 12.1 Å². The van der Waals surface area contributed by atoms with Crippen LogP contribution < -0.4 is 5.32 Å². The number of carbonyl (C=O) groups is 2. The van der Waals surface area contributed by atoms with Crippen LogP contribution in [0.15, 0.2) is 103 Å². The summed E-state index contributed by atoms with van der Waals surface area (Å²) >= 11 is 0. The molecule has 0 saturated carbocycles. The predicted molar refractivity (Wildman–Crippen MR) is 146 cm³/mol. The monoisotopic (exact) mass is 514 g/mol. The van der Waals surface area contributed by atoms with Crippen molar-refractivity contribution in [1.82, 2.24) is 10.2 Å². The number of rotatable bonds is 11. The van der Waals surface area contributed by atoms with Gasteiger partial charge in [-0.3, -0.25) is 19.5 Å². The Labute approximate surface area is 219 Å². The van der Waals surface area contributed by atoms with Crippen molar-refractivity contribution in [3.05, 3.63) is 109 Å². The lowest BCUT2D eigenvalue weighted by Crippen LogP contribution is -2.17. The molecule has 6 N–H and O–H groups in total. The van der Waals surface area contributed by atoms with Crippen molar-refractivity contribution < 1.29 is 30.0 Å². The van der Waals surface area contributed by atoms with Crippen LogP contribution in [0.25, 0.3) is 12.2 Å². The Balaban J connectivity index is 1.84. The molecule has 10 nitrogen and oxygen atoms in total. The Morgan fingerprint density at radius 1 is 0.789 bits per heavy atom. The summed E-state index contributed by atoms with van der Waals surface area (Å²) in [5.74, 6) is -1.90. The molecule has 10 heteroatoms. The molecule has 0 saturated heterocycles. The van der Waals surface area contributed by atoms with Crippen molar-refractivity contribution in [2.45, 2.75) is 0 Å². The molecule has 0 aliphatic carbocycles. The molecule has 0 heterocycles. The van der Waals surface area contributed by atoms with Gasteiger partial charge in [-0.25, -0.2) is 0 Å². The third kappa shape index (κ3) is 10.3. The van der Waals surface area contributed by atoms with Gasteiger partial charge in [-0.05, 0) is 71.8 Å². The highest BCUT2D eigenvalue weighted by atomic mass is 16.3. The van der Waals surface area contributed by atoms with E-state index in [0.717, 1.165) is 6.21 Å². The maximum atomic E-state index is 12.4. The van der Waals surface area contributed by atoms with Gasteiger partial charge >= 0.3 is 0 Å². The molecule has 2 aromatic carbocycles. The molecule has 0 unspecified atom stereocenters. The normalized spacial score (nSPS) is 12.2. The summed E-state index contributed by atoms with van der Waals surface area (Å²) in [4.78, 5) is 29.5. The van der Waals surface area contributed by atoms with Crippen LogP contribution in [-0.4, -0.2) is 49.6 Å². The minimum absolute atomic E-state index is 0.245. The maximum Gasteiger partial charge on any atom is 0.254 e. The number of amides is 2. The molecule has 0 aromatic heterocycles. The average Bonchev–Trinajstić information content (AvgIpc) is 2.90. The van der Waals surface area contributed by atoms with E-state index in [1.54, 1.807) is 18.2 Å². The highest BCUT2D eigenvalue weighted by Gasteiger charge is 2.04. The Bertz CT molecular complexity index is 1350. The Hall–Kier alpha value is -5.64. The van der Waals surface area contributed by atoms with Crippen LogP contribution in [0.1, 0.15) is 11.1 Å². The van der Waals surface area contributed by atoms with Crippen LogP contribution in [0.3, 0.4) is 0 Å². The molecular weight excluding hydrogens is 488 g/mol. The van der Waals surface area contributed by atoms with Crippen molar-refractivity contribution in [2.24, 2.45) is 4.99 Å². The molecule has 38 heavy (non-hydrogen) atoms. The summed E-state index contributed by atoms with van der Waals surface area (Å²) in [7, 11) is 0. The lowest BCUT2D eigenvalue weighted by atomic mass is 10.2. The summed E-state index contributed by atoms with van der Waals surface area (Å²) in [5, 5.41) is 47.2. The number of aromatic hydroxyl groups is 4. The summed E-state index contributed by atoms with van der Waals surface area (Å²) in [6.45, 7) is 0. The molecule has 0 spiro atoms. The number of nitrogens with zero attached hydrogens (tertiary/aromatic N) is 2. The van der Waals surface area contributed by atoms with E-state index in [9.17, 15) is 30.0 Å². The smallest absolute Gasteiger partial charge is 0.254 e. The van der Waals surface area contributed by atoms with Crippen LogP contribution in [0.5, 0.6) is 23.0 Å². The van der Waals surface area contributed by atoms with Crippen molar-refractivity contribution in [1.29, 1.82) is 5.41 Å². The van der Waals surface area contributed by atoms with Gasteiger partial charge < -0.3 is 31.2 Å². The zero-order valence-electron chi connectivity index (χ0n) is 20.0. The second-order valence-corrected chi connectivity index (χ2v) is 7.27. The van der Waals surface area contributed by atoms with Gasteiger partial charge in [-0.15, -0.1) is 0 Å². The summed E-state index contributed by atoms with van der Waals surface area (Å²) < 4.78 is 0. The molecule has 2 aromatic rings. The highest BCUT2D eigenvalue weighted by molar-refractivity contribution is 5.94. The van der Waals surface area contributed by atoms with E-state index in [-0.39, 0.29) is 23.0 Å². The molecule has 0 bridgehead atoms. The fraction of sp³-hybridized carbons (Fsp3) is 0. The molecule has 2 amide bonds. The van der Waals surface area contributed by atoms with E-state index >= 15 is 0 Å².